The van der Waals surface area contributed by atoms with Gasteiger partial charge < -0.3 is 0 Å². The average Bonchev–Trinajstić information content (AvgIpc) is 3.84. The van der Waals surface area contributed by atoms with Crippen LogP contribution in [0.25, 0.3) is 108 Å². The van der Waals surface area contributed by atoms with E-state index in [1.165, 1.54) is 52.5 Å². The van der Waals surface area contributed by atoms with Gasteiger partial charge in [0, 0.05) is 75.0 Å². The normalized spacial score (nSPS) is 11.6. The number of aromatic nitrogens is 4. The summed E-state index contributed by atoms with van der Waals surface area (Å²) >= 11 is 3.63. The van der Waals surface area contributed by atoms with Crippen LogP contribution in [0.3, 0.4) is 0 Å². The van der Waals surface area contributed by atoms with Crippen molar-refractivity contribution in [1.82, 2.24) is 19.9 Å². The van der Waals surface area contributed by atoms with Crippen molar-refractivity contribution in [2.75, 3.05) is 0 Å². The lowest BCUT2D eigenvalue weighted by Gasteiger charge is -2.14. The second-order valence-electron chi connectivity index (χ2n) is 14.0. The van der Waals surface area contributed by atoms with Crippen molar-refractivity contribution >= 4 is 63.0 Å². The Bertz CT molecular complexity index is 3180. The van der Waals surface area contributed by atoms with Crippen molar-refractivity contribution in [3.63, 3.8) is 0 Å². The minimum absolute atomic E-state index is 0.321. The first-order valence-corrected chi connectivity index (χ1v) is 20.3. The summed E-state index contributed by atoms with van der Waals surface area (Å²) in [6.45, 7) is 0. The number of thiophene rings is 2. The van der Waals surface area contributed by atoms with Crippen LogP contribution in [0.15, 0.2) is 176 Å². The van der Waals surface area contributed by atoms with E-state index in [1.807, 2.05) is 59.2 Å². The number of halogens is 1. The molecule has 57 heavy (non-hydrogen) atoms. The number of hydrogen-bond donors (Lipinski definition) is 0. The van der Waals surface area contributed by atoms with E-state index < -0.39 is 0 Å². The van der Waals surface area contributed by atoms with Crippen LogP contribution in [0, 0.1) is 5.82 Å². The SMILES string of the molecule is Fc1ccc(-c2nc(-c3cc(-c4ccc5sc6ccccc6c5c4)cc(-c4ccc5sc6ccccc6c5c4)c3)nc(-c3ccccc3-c3cccnc3)n2)cc1. The minimum Gasteiger partial charge on any atom is -0.264 e. The molecule has 0 saturated heterocycles. The number of hydrogen-bond acceptors (Lipinski definition) is 6. The quantitative estimate of drug-likeness (QED) is 0.169. The lowest BCUT2D eigenvalue weighted by Crippen LogP contribution is -2.01. The Morgan fingerprint density at radius 2 is 0.860 bits per heavy atom. The molecule has 4 aromatic heterocycles. The zero-order chi connectivity index (χ0) is 37.9. The monoisotopic (exact) mass is 768 g/mol. The van der Waals surface area contributed by atoms with E-state index in [0.717, 1.165) is 44.5 Å². The van der Waals surface area contributed by atoms with Crippen molar-refractivity contribution in [3.8, 4) is 67.5 Å². The average molecular weight is 769 g/mol. The molecular weight excluding hydrogens is 740 g/mol. The first-order valence-electron chi connectivity index (χ1n) is 18.6. The highest BCUT2D eigenvalue weighted by atomic mass is 32.1. The van der Waals surface area contributed by atoms with Gasteiger partial charge in [0.15, 0.2) is 17.5 Å². The number of pyridine rings is 1. The molecule has 0 unspecified atom stereocenters. The first kappa shape index (κ1) is 33.4. The van der Waals surface area contributed by atoms with Crippen molar-refractivity contribution in [2.24, 2.45) is 0 Å². The highest BCUT2D eigenvalue weighted by Gasteiger charge is 2.18. The topological polar surface area (TPSA) is 51.6 Å². The van der Waals surface area contributed by atoms with Gasteiger partial charge in [0.1, 0.15) is 5.82 Å². The zero-order valence-electron chi connectivity index (χ0n) is 30.2. The van der Waals surface area contributed by atoms with Crippen LogP contribution in [0.5, 0.6) is 0 Å². The van der Waals surface area contributed by atoms with Gasteiger partial charge in [0.25, 0.3) is 0 Å². The summed E-state index contributed by atoms with van der Waals surface area (Å²) in [6.07, 6.45) is 3.61. The number of benzene rings is 7. The van der Waals surface area contributed by atoms with E-state index >= 15 is 0 Å². The molecule has 0 aliphatic carbocycles. The number of fused-ring (bicyclic) bond motifs is 6. The molecule has 0 saturated carbocycles. The molecule has 0 aliphatic rings. The number of rotatable bonds is 6. The van der Waals surface area contributed by atoms with Crippen molar-refractivity contribution in [1.29, 1.82) is 0 Å². The van der Waals surface area contributed by atoms with Crippen LogP contribution < -0.4 is 0 Å². The van der Waals surface area contributed by atoms with Crippen LogP contribution in [-0.2, 0) is 0 Å². The van der Waals surface area contributed by atoms with E-state index in [0.29, 0.717) is 23.0 Å². The molecule has 0 spiro atoms. The van der Waals surface area contributed by atoms with Gasteiger partial charge in [-0.25, -0.2) is 19.3 Å². The van der Waals surface area contributed by atoms with E-state index in [1.54, 1.807) is 18.3 Å². The molecule has 0 radical (unpaired) electrons. The van der Waals surface area contributed by atoms with Gasteiger partial charge in [0.2, 0.25) is 0 Å². The summed E-state index contributed by atoms with van der Waals surface area (Å²) in [4.78, 5) is 19.8. The highest BCUT2D eigenvalue weighted by molar-refractivity contribution is 7.26. The van der Waals surface area contributed by atoms with Gasteiger partial charge >= 0.3 is 0 Å². The van der Waals surface area contributed by atoms with Gasteiger partial charge in [-0.2, -0.15) is 0 Å². The maximum atomic E-state index is 14.2. The molecule has 7 aromatic carbocycles. The Hall–Kier alpha value is -6.93. The molecule has 0 fully saturated rings. The van der Waals surface area contributed by atoms with Gasteiger partial charge in [-0.05, 0) is 113 Å². The second-order valence-corrected chi connectivity index (χ2v) is 16.2. The van der Waals surface area contributed by atoms with E-state index in [4.69, 9.17) is 15.0 Å². The van der Waals surface area contributed by atoms with Crippen molar-refractivity contribution in [3.05, 3.63) is 182 Å². The molecule has 0 amide bonds. The summed E-state index contributed by atoms with van der Waals surface area (Å²) < 4.78 is 19.3. The summed E-state index contributed by atoms with van der Waals surface area (Å²) in [7, 11) is 0. The smallest absolute Gasteiger partial charge is 0.164 e. The summed E-state index contributed by atoms with van der Waals surface area (Å²) in [5.74, 6) is 1.18. The van der Waals surface area contributed by atoms with Crippen LogP contribution in [0.2, 0.25) is 0 Å². The van der Waals surface area contributed by atoms with Crippen LogP contribution >= 0.6 is 22.7 Å². The lowest BCUT2D eigenvalue weighted by atomic mass is 9.94. The van der Waals surface area contributed by atoms with E-state index in [-0.39, 0.29) is 5.82 Å². The molecule has 268 valence electrons. The standard InChI is InChI=1S/C50H29FN4S2/c51-37-19-15-30(16-20-37)48-53-49(55-50(54-48)41-12-2-1-9-38(41)33-8-7-23-52-29-33)36-25-34(31-17-21-46-42(27-31)39-10-3-5-13-44(39)56-46)24-35(26-36)32-18-22-47-43(28-32)40-11-4-6-14-45(40)57-47/h1-29H. The molecule has 11 aromatic rings. The van der Waals surface area contributed by atoms with Crippen molar-refractivity contribution < 1.29 is 4.39 Å². The van der Waals surface area contributed by atoms with E-state index in [9.17, 15) is 4.39 Å². The lowest BCUT2D eigenvalue weighted by molar-refractivity contribution is 0.628. The van der Waals surface area contributed by atoms with Gasteiger partial charge in [0.05, 0.1) is 0 Å². The molecule has 4 heterocycles. The Labute approximate surface area is 335 Å². The maximum Gasteiger partial charge on any atom is 0.164 e. The van der Waals surface area contributed by atoms with Gasteiger partial charge in [-0.3, -0.25) is 4.98 Å². The van der Waals surface area contributed by atoms with Crippen LogP contribution in [-0.4, -0.2) is 19.9 Å². The Balaban J connectivity index is 1.15. The fraction of sp³-hybridized carbons (Fsp3) is 0. The Morgan fingerprint density at radius 1 is 0.351 bits per heavy atom. The molecule has 0 N–H and O–H groups in total. The molecule has 7 heteroatoms. The third kappa shape index (κ3) is 6.05. The zero-order valence-corrected chi connectivity index (χ0v) is 31.9. The fourth-order valence-electron chi connectivity index (χ4n) is 7.71. The Morgan fingerprint density at radius 3 is 1.47 bits per heavy atom. The molecule has 0 bridgehead atoms. The Kier molecular flexibility index (Phi) is 8.01. The van der Waals surface area contributed by atoms with E-state index in [2.05, 4.69) is 114 Å². The molecule has 0 aliphatic heterocycles. The van der Waals surface area contributed by atoms with Crippen LogP contribution in [0.4, 0.5) is 4.39 Å². The maximum absolute atomic E-state index is 14.2. The highest BCUT2D eigenvalue weighted by Crippen LogP contribution is 2.41. The minimum atomic E-state index is -0.321. The third-order valence-electron chi connectivity index (χ3n) is 10.5. The van der Waals surface area contributed by atoms with Crippen LogP contribution in [0.1, 0.15) is 0 Å². The first-order chi connectivity index (χ1) is 28.1. The molecule has 4 nitrogen and oxygen atoms in total. The second kappa shape index (κ2) is 13.7. The van der Waals surface area contributed by atoms with Gasteiger partial charge in [-0.15, -0.1) is 22.7 Å². The molecule has 0 atom stereocenters. The van der Waals surface area contributed by atoms with Crippen molar-refractivity contribution in [2.45, 2.75) is 0 Å². The summed E-state index contributed by atoms with van der Waals surface area (Å²) in [5, 5.41) is 4.98. The fourth-order valence-corrected chi connectivity index (χ4v) is 9.88. The third-order valence-corrected chi connectivity index (χ3v) is 12.8. The summed E-state index contributed by atoms with van der Waals surface area (Å²) in [6, 6.07) is 55.7. The molecule has 11 rings (SSSR count). The number of nitrogens with zero attached hydrogens (tertiary/aromatic N) is 4. The largest absolute Gasteiger partial charge is 0.264 e. The summed E-state index contributed by atoms with van der Waals surface area (Å²) in [5.41, 5.74) is 8.60. The van der Waals surface area contributed by atoms with Gasteiger partial charge in [-0.1, -0.05) is 78.9 Å². The predicted molar refractivity (Wildman–Crippen MR) is 236 cm³/mol. The predicted octanol–water partition coefficient (Wildman–Crippen LogP) is 14.1. The molecular formula is C50H29FN4S2.